The maximum atomic E-state index is 14.1. The van der Waals surface area contributed by atoms with Crippen molar-refractivity contribution in [1.82, 2.24) is 0 Å². The molecule has 0 bridgehead atoms. The molecule has 7 nitrogen and oxygen atoms in total. The monoisotopic (exact) mass is 679 g/mol. The van der Waals surface area contributed by atoms with Gasteiger partial charge in [0.1, 0.15) is 35.3 Å². The molecule has 47 heavy (non-hydrogen) atoms. The topological polar surface area (TPSA) is 94.1 Å². The van der Waals surface area contributed by atoms with Gasteiger partial charge in [0.05, 0.1) is 13.2 Å². The van der Waals surface area contributed by atoms with Crippen molar-refractivity contribution in [3.8, 4) is 11.5 Å². The van der Waals surface area contributed by atoms with Crippen LogP contribution in [0.25, 0.3) is 0 Å². The number of nitrogens with one attached hydrogen (secondary N) is 1. The molecule has 4 rings (SSSR count). The molecule has 10 heteroatoms. The van der Waals surface area contributed by atoms with E-state index in [1.807, 2.05) is 30.3 Å². The molecule has 0 heterocycles. The Bertz CT molecular complexity index is 1680. The minimum Gasteiger partial charge on any atom is -0.497 e. The number of halogens is 1. The molecule has 0 aromatic heterocycles. The highest BCUT2D eigenvalue weighted by Gasteiger charge is 2.41. The number of ether oxygens (including phenoxy) is 2. The van der Waals surface area contributed by atoms with Crippen LogP contribution in [0.5, 0.6) is 11.5 Å². The van der Waals surface area contributed by atoms with Crippen LogP contribution in [0.4, 0.5) is 10.1 Å². The number of hydrogen-bond acceptors (Lipinski definition) is 6. The van der Waals surface area contributed by atoms with Crippen LogP contribution in [0.2, 0.25) is 18.1 Å². The zero-order valence-corrected chi connectivity index (χ0v) is 29.8. The van der Waals surface area contributed by atoms with Crippen LogP contribution >= 0.6 is 0 Å². The van der Waals surface area contributed by atoms with E-state index in [0.717, 1.165) is 11.1 Å². The molecule has 2 N–H and O–H groups in total. The summed E-state index contributed by atoms with van der Waals surface area (Å²) < 4.78 is 63.3. The van der Waals surface area contributed by atoms with Gasteiger partial charge in [0, 0.05) is 17.3 Å². The van der Waals surface area contributed by atoms with Crippen molar-refractivity contribution in [3.63, 3.8) is 0 Å². The number of methoxy groups -OCH3 is 1. The number of anilines is 1. The second-order valence-corrected chi connectivity index (χ2v) is 19.8. The first kappa shape index (κ1) is 36.1. The highest BCUT2D eigenvalue weighted by atomic mass is 32.2. The molecule has 0 aliphatic heterocycles. The summed E-state index contributed by atoms with van der Waals surface area (Å²) in [5, 5.41) is 10.6. The molecule has 0 amide bonds. The van der Waals surface area contributed by atoms with E-state index in [1.54, 1.807) is 60.7 Å². The van der Waals surface area contributed by atoms with Gasteiger partial charge in [-0.1, -0.05) is 81.4 Å². The molecule has 3 atom stereocenters. The summed E-state index contributed by atoms with van der Waals surface area (Å²) in [5.74, 6) is 0.448. The molecule has 0 radical (unpaired) electrons. The molecule has 252 valence electrons. The Morgan fingerprint density at radius 2 is 1.49 bits per heavy atom. The normalized spacial score (nSPS) is 14.2. The molecule has 0 saturated heterocycles. The Morgan fingerprint density at radius 3 is 2.09 bits per heavy atom. The van der Waals surface area contributed by atoms with Crippen molar-refractivity contribution in [1.29, 1.82) is 0 Å². The second kappa shape index (κ2) is 15.5. The van der Waals surface area contributed by atoms with Crippen molar-refractivity contribution in [2.24, 2.45) is 0 Å². The van der Waals surface area contributed by atoms with E-state index >= 15 is 0 Å². The van der Waals surface area contributed by atoms with Gasteiger partial charge in [-0.05, 0) is 78.5 Å². The van der Waals surface area contributed by atoms with Crippen molar-refractivity contribution >= 4 is 24.0 Å². The summed E-state index contributed by atoms with van der Waals surface area (Å²) in [6.45, 7) is 10.8. The fourth-order valence-electron chi connectivity index (χ4n) is 4.99. The van der Waals surface area contributed by atoms with E-state index in [9.17, 15) is 17.9 Å². The molecule has 0 fully saturated rings. The summed E-state index contributed by atoms with van der Waals surface area (Å²) in [5.41, 5.74) is 2.35. The molecule has 0 aliphatic rings. The van der Waals surface area contributed by atoms with Gasteiger partial charge in [0.15, 0.2) is 8.32 Å². The Balaban J connectivity index is 1.72. The van der Waals surface area contributed by atoms with Crippen molar-refractivity contribution in [2.75, 3.05) is 11.8 Å². The minimum absolute atomic E-state index is 0.0319. The van der Waals surface area contributed by atoms with E-state index < -0.39 is 35.8 Å². The predicted molar refractivity (Wildman–Crippen MR) is 188 cm³/mol. The quantitative estimate of drug-likeness (QED) is 0.122. The summed E-state index contributed by atoms with van der Waals surface area (Å²) in [6.07, 6.45) is -1.71. The average Bonchev–Trinajstić information content (AvgIpc) is 3.03. The number of aliphatic hydroxyl groups excluding tert-OH is 1. The van der Waals surface area contributed by atoms with Crippen molar-refractivity contribution in [2.45, 2.75) is 75.8 Å². The Kier molecular flexibility index (Phi) is 11.9. The Labute approximate surface area is 279 Å². The first-order valence-corrected chi connectivity index (χ1v) is 20.2. The standard InChI is InChI=1S/C37H46FNO6SSi/c1-37(2,3)47(5,6)45-33(28-17-19-29(38)20-18-28)23-24-35(46(41,42)39-30-15-11-8-12-16-30)36(40)32-22-21-31(43-4)25-34(32)44-26-27-13-9-7-10-14-27/h7-22,25,33,35-36,39-40H,23-24,26H2,1-6H3/t33-,35?,36-/m1/s1. The van der Waals surface area contributed by atoms with Gasteiger partial charge >= 0.3 is 0 Å². The number of benzene rings is 4. The van der Waals surface area contributed by atoms with Gasteiger partial charge in [-0.3, -0.25) is 4.72 Å². The SMILES string of the molecule is COc1ccc([C@@H](O)C(CC[C@@H](O[Si](C)(C)C(C)(C)C)c2ccc(F)cc2)S(=O)(=O)Nc2ccccc2)c(OCc2ccccc2)c1. The van der Waals surface area contributed by atoms with Gasteiger partial charge in [-0.15, -0.1) is 0 Å². The summed E-state index contributed by atoms with van der Waals surface area (Å²) >= 11 is 0. The second-order valence-electron chi connectivity index (χ2n) is 13.2. The maximum Gasteiger partial charge on any atom is 0.238 e. The third-order valence-corrected chi connectivity index (χ3v) is 15.1. The summed E-state index contributed by atoms with van der Waals surface area (Å²) in [6, 6.07) is 29.2. The third kappa shape index (κ3) is 9.67. The molecule has 1 unspecified atom stereocenters. The number of para-hydroxylation sites is 1. The van der Waals surface area contributed by atoms with Crippen LogP contribution in [-0.4, -0.2) is 34.2 Å². The first-order chi connectivity index (χ1) is 22.2. The average molecular weight is 680 g/mol. The largest absolute Gasteiger partial charge is 0.497 e. The minimum atomic E-state index is -4.17. The lowest BCUT2D eigenvalue weighted by atomic mass is 9.98. The lowest BCUT2D eigenvalue weighted by Gasteiger charge is -2.40. The van der Waals surface area contributed by atoms with E-state index in [-0.39, 0.29) is 30.3 Å². The molecular weight excluding hydrogens is 634 g/mol. The van der Waals surface area contributed by atoms with Crippen LogP contribution in [0.1, 0.15) is 62.5 Å². The predicted octanol–water partition coefficient (Wildman–Crippen LogP) is 8.80. The Hall–Kier alpha value is -3.70. The van der Waals surface area contributed by atoms with E-state index in [4.69, 9.17) is 13.9 Å². The molecule has 0 spiro atoms. The number of rotatable bonds is 15. The third-order valence-electron chi connectivity index (χ3n) is 8.76. The molecular formula is C37H46FNO6SSi. The van der Waals surface area contributed by atoms with Gasteiger partial charge in [0.25, 0.3) is 0 Å². The number of sulfonamides is 1. The van der Waals surface area contributed by atoms with Gasteiger partial charge in [0.2, 0.25) is 10.0 Å². The van der Waals surface area contributed by atoms with Crippen molar-refractivity contribution in [3.05, 3.63) is 126 Å². The van der Waals surface area contributed by atoms with E-state index in [1.165, 1.54) is 19.2 Å². The van der Waals surface area contributed by atoms with Crippen LogP contribution in [0.3, 0.4) is 0 Å². The number of hydrogen-bond donors (Lipinski definition) is 2. The van der Waals surface area contributed by atoms with Gasteiger partial charge in [-0.25, -0.2) is 12.8 Å². The molecule has 0 aliphatic carbocycles. The molecule has 4 aromatic rings. The van der Waals surface area contributed by atoms with Crippen LogP contribution in [0, 0.1) is 5.82 Å². The number of aliphatic hydroxyl groups is 1. The molecule has 4 aromatic carbocycles. The highest BCUT2D eigenvalue weighted by molar-refractivity contribution is 7.93. The van der Waals surface area contributed by atoms with E-state index in [2.05, 4.69) is 38.6 Å². The Morgan fingerprint density at radius 1 is 0.872 bits per heavy atom. The van der Waals surface area contributed by atoms with Gasteiger partial charge in [-0.2, -0.15) is 0 Å². The maximum absolute atomic E-state index is 14.1. The van der Waals surface area contributed by atoms with Crippen LogP contribution < -0.4 is 14.2 Å². The zero-order chi connectivity index (χ0) is 34.2. The smallest absolute Gasteiger partial charge is 0.238 e. The van der Waals surface area contributed by atoms with Crippen LogP contribution in [-0.2, 0) is 21.1 Å². The highest BCUT2D eigenvalue weighted by Crippen LogP contribution is 2.42. The fraction of sp³-hybridized carbons (Fsp3) is 0.351. The zero-order valence-electron chi connectivity index (χ0n) is 27.9. The lowest BCUT2D eigenvalue weighted by molar-refractivity contribution is 0.138. The molecule has 0 saturated carbocycles. The van der Waals surface area contributed by atoms with Crippen molar-refractivity contribution < 1.29 is 31.8 Å². The van der Waals surface area contributed by atoms with E-state index in [0.29, 0.717) is 22.7 Å². The summed E-state index contributed by atoms with van der Waals surface area (Å²) in [7, 11) is -4.99. The first-order valence-electron chi connectivity index (χ1n) is 15.7. The van der Waals surface area contributed by atoms with Gasteiger partial charge < -0.3 is 19.0 Å². The summed E-state index contributed by atoms with van der Waals surface area (Å²) in [4.78, 5) is 0. The fourth-order valence-corrected chi connectivity index (χ4v) is 7.86. The lowest BCUT2D eigenvalue weighted by Crippen LogP contribution is -2.42. The van der Waals surface area contributed by atoms with Crippen LogP contribution in [0.15, 0.2) is 103 Å².